The smallest absolute Gasteiger partial charge is 0.253 e. The normalized spacial score (nSPS) is 13.8. The van der Waals surface area contributed by atoms with Crippen LogP contribution in [-0.2, 0) is 4.79 Å². The van der Waals surface area contributed by atoms with Gasteiger partial charge in [-0.2, -0.15) is 0 Å². The fourth-order valence-electron chi connectivity index (χ4n) is 4.38. The van der Waals surface area contributed by atoms with Crippen LogP contribution in [0.2, 0.25) is 0 Å². The van der Waals surface area contributed by atoms with Gasteiger partial charge in [0, 0.05) is 33.6 Å². The van der Waals surface area contributed by atoms with E-state index in [4.69, 9.17) is 4.42 Å². The van der Waals surface area contributed by atoms with Crippen LogP contribution >= 0.6 is 0 Å². The second kappa shape index (κ2) is 8.60. The van der Waals surface area contributed by atoms with Gasteiger partial charge in [-0.15, -0.1) is 4.73 Å². The summed E-state index contributed by atoms with van der Waals surface area (Å²) in [7, 11) is 0. The molecule has 36 heavy (non-hydrogen) atoms. The number of fused-ring (bicyclic) bond motifs is 1. The van der Waals surface area contributed by atoms with Gasteiger partial charge in [0.25, 0.3) is 5.88 Å². The zero-order chi connectivity index (χ0) is 24.6. The summed E-state index contributed by atoms with van der Waals surface area (Å²) >= 11 is 0. The molecule has 5 aromatic rings. The summed E-state index contributed by atoms with van der Waals surface area (Å²) < 4.78 is 6.82. The van der Waals surface area contributed by atoms with Gasteiger partial charge in [0.05, 0.1) is 0 Å². The monoisotopic (exact) mass is 472 g/mol. The highest BCUT2D eigenvalue weighted by Gasteiger charge is 2.22. The fourth-order valence-corrected chi connectivity index (χ4v) is 4.38. The van der Waals surface area contributed by atoms with Crippen LogP contribution < -0.4 is 10.6 Å². The van der Waals surface area contributed by atoms with Crippen molar-refractivity contribution in [2.75, 3.05) is 0 Å². The number of hydrogen-bond donors (Lipinski definition) is 2. The average molecular weight is 473 g/mol. The maximum absolute atomic E-state index is 13.0. The maximum atomic E-state index is 13.0. The van der Waals surface area contributed by atoms with Gasteiger partial charge in [-0.25, -0.2) is 4.98 Å². The second-order valence-electron chi connectivity index (χ2n) is 8.39. The Bertz CT molecular complexity index is 1750. The molecular weight excluding hydrogens is 452 g/mol. The summed E-state index contributed by atoms with van der Waals surface area (Å²) in [6, 6.07) is 28.6. The first-order valence-corrected chi connectivity index (χ1v) is 11.4. The number of carbonyl (C=O) groups is 1. The van der Waals surface area contributed by atoms with E-state index in [1.54, 1.807) is 18.2 Å². The lowest BCUT2D eigenvalue weighted by molar-refractivity contribution is -0.109. The number of imidazole rings is 1. The van der Waals surface area contributed by atoms with Gasteiger partial charge < -0.3 is 14.7 Å². The SMILES string of the molecule is O=C1C=c2oc(-c3ccccc3)c(-c3ccccc3)c2=C/C1=C/c1nc(-c2ccccc2)n(O)c1O. The molecule has 0 radical (unpaired) electrons. The van der Waals surface area contributed by atoms with Crippen LogP contribution in [0.5, 0.6) is 5.88 Å². The van der Waals surface area contributed by atoms with Crippen molar-refractivity contribution in [2.45, 2.75) is 0 Å². The Hall–Kier alpha value is -5.10. The third-order valence-corrected chi connectivity index (χ3v) is 6.10. The Balaban J connectivity index is 1.55. The molecule has 6 nitrogen and oxygen atoms in total. The van der Waals surface area contributed by atoms with Crippen molar-refractivity contribution in [1.29, 1.82) is 0 Å². The third kappa shape index (κ3) is 3.61. The number of aromatic hydroxyl groups is 1. The molecule has 0 saturated heterocycles. The lowest BCUT2D eigenvalue weighted by Gasteiger charge is -2.04. The number of hydrogen-bond acceptors (Lipinski definition) is 5. The number of allylic oxidation sites excluding steroid dienone is 1. The van der Waals surface area contributed by atoms with E-state index >= 15 is 0 Å². The van der Waals surface area contributed by atoms with Crippen LogP contribution in [-0.4, -0.2) is 25.8 Å². The van der Waals surface area contributed by atoms with Crippen LogP contribution in [0.4, 0.5) is 0 Å². The number of carbonyl (C=O) groups excluding carboxylic acids is 1. The van der Waals surface area contributed by atoms with Gasteiger partial charge in [0.2, 0.25) is 0 Å². The maximum Gasteiger partial charge on any atom is 0.253 e. The first-order valence-electron chi connectivity index (χ1n) is 11.4. The van der Waals surface area contributed by atoms with E-state index in [1.807, 2.05) is 78.9 Å². The summed E-state index contributed by atoms with van der Waals surface area (Å²) in [6.07, 6.45) is 4.67. The van der Waals surface area contributed by atoms with Crippen molar-refractivity contribution in [3.05, 3.63) is 113 Å². The highest BCUT2D eigenvalue weighted by molar-refractivity contribution is 6.24. The largest absolute Gasteiger partial charge is 0.491 e. The fraction of sp³-hybridized carbons (Fsp3) is 0. The summed E-state index contributed by atoms with van der Waals surface area (Å²) in [4.78, 5) is 17.4. The van der Waals surface area contributed by atoms with Gasteiger partial charge in [0.1, 0.15) is 16.9 Å². The number of Topliss-reactive ketones (excluding diaryl/α,β-unsaturated/α-hetero) is 1. The summed E-state index contributed by atoms with van der Waals surface area (Å²) in [6.45, 7) is 0. The molecule has 0 fully saturated rings. The van der Waals surface area contributed by atoms with E-state index in [2.05, 4.69) is 4.98 Å². The van der Waals surface area contributed by atoms with Crippen LogP contribution in [0.3, 0.4) is 0 Å². The van der Waals surface area contributed by atoms with Crippen molar-refractivity contribution < 1.29 is 19.5 Å². The number of nitrogens with zero attached hydrogens (tertiary/aromatic N) is 2. The van der Waals surface area contributed by atoms with Gasteiger partial charge >= 0.3 is 0 Å². The van der Waals surface area contributed by atoms with E-state index < -0.39 is 5.88 Å². The zero-order valence-corrected chi connectivity index (χ0v) is 19.0. The highest BCUT2D eigenvalue weighted by atomic mass is 16.5. The van der Waals surface area contributed by atoms with E-state index in [-0.39, 0.29) is 17.3 Å². The first kappa shape index (κ1) is 21.4. The van der Waals surface area contributed by atoms with E-state index in [0.717, 1.165) is 21.9 Å². The van der Waals surface area contributed by atoms with Crippen molar-refractivity contribution >= 4 is 24.0 Å². The predicted molar refractivity (Wildman–Crippen MR) is 137 cm³/mol. The zero-order valence-electron chi connectivity index (χ0n) is 19.0. The molecule has 0 atom stereocenters. The van der Waals surface area contributed by atoms with E-state index in [1.165, 1.54) is 12.2 Å². The first-order chi connectivity index (χ1) is 17.6. The second-order valence-corrected chi connectivity index (χ2v) is 8.39. The molecule has 2 heterocycles. The Kier molecular flexibility index (Phi) is 5.12. The molecule has 0 spiro atoms. The van der Waals surface area contributed by atoms with Gasteiger partial charge in [-0.1, -0.05) is 91.0 Å². The van der Waals surface area contributed by atoms with Gasteiger partial charge in [-0.3, -0.25) is 4.79 Å². The van der Waals surface area contributed by atoms with Crippen molar-refractivity contribution in [1.82, 2.24) is 9.71 Å². The quantitative estimate of drug-likeness (QED) is 0.294. The third-order valence-electron chi connectivity index (χ3n) is 6.10. The minimum atomic E-state index is -0.450. The molecule has 2 aromatic heterocycles. The average Bonchev–Trinajstić information content (AvgIpc) is 3.43. The molecule has 6 heteroatoms. The number of aromatic nitrogens is 2. The topological polar surface area (TPSA) is 88.5 Å². The molecule has 0 amide bonds. The summed E-state index contributed by atoms with van der Waals surface area (Å²) in [5.41, 5.74) is 4.21. The predicted octanol–water partition coefficient (Wildman–Crippen LogP) is 4.65. The molecular formula is C30H20N2O4. The van der Waals surface area contributed by atoms with Crippen molar-refractivity contribution in [3.8, 4) is 39.7 Å². The van der Waals surface area contributed by atoms with Gasteiger partial charge in [-0.05, 0) is 17.7 Å². The Morgan fingerprint density at radius 2 is 1.36 bits per heavy atom. The Labute approximate surface area is 206 Å². The number of furan rings is 1. The van der Waals surface area contributed by atoms with E-state index in [0.29, 0.717) is 27.0 Å². The lowest BCUT2D eigenvalue weighted by Crippen LogP contribution is -2.27. The number of ketones is 1. The molecule has 0 bridgehead atoms. The van der Waals surface area contributed by atoms with Crippen molar-refractivity contribution in [3.63, 3.8) is 0 Å². The van der Waals surface area contributed by atoms with Crippen LogP contribution in [0, 0.1) is 0 Å². The summed E-state index contributed by atoms with van der Waals surface area (Å²) in [5.74, 6) is 0.104. The molecule has 0 saturated carbocycles. The highest BCUT2D eigenvalue weighted by Crippen LogP contribution is 2.31. The Morgan fingerprint density at radius 3 is 2.00 bits per heavy atom. The van der Waals surface area contributed by atoms with Crippen molar-refractivity contribution in [2.24, 2.45) is 0 Å². The van der Waals surface area contributed by atoms with Gasteiger partial charge in [0.15, 0.2) is 11.6 Å². The molecule has 0 aliphatic heterocycles. The molecule has 2 N–H and O–H groups in total. The van der Waals surface area contributed by atoms with Crippen LogP contribution in [0.1, 0.15) is 5.69 Å². The number of rotatable bonds is 4. The number of benzene rings is 3. The molecule has 0 unspecified atom stereocenters. The minimum Gasteiger partial charge on any atom is -0.491 e. The molecule has 6 rings (SSSR count). The molecule has 1 aliphatic carbocycles. The lowest BCUT2D eigenvalue weighted by atomic mass is 9.96. The Morgan fingerprint density at radius 1 is 0.778 bits per heavy atom. The van der Waals surface area contributed by atoms with Crippen LogP contribution in [0.15, 0.2) is 101 Å². The molecule has 3 aromatic carbocycles. The molecule has 1 aliphatic rings. The minimum absolute atomic E-state index is 0.0841. The molecule has 174 valence electrons. The summed E-state index contributed by atoms with van der Waals surface area (Å²) in [5, 5.41) is 21.7. The standard InChI is InChI=1S/C30H20N2O4/c33-25-18-26-23(27(19-10-4-1-5-11-19)28(36-26)20-12-6-2-7-13-20)16-22(25)17-24-30(34)32(35)29(31-24)21-14-8-3-9-15-21/h1-18,34-35H/b22-17-. The van der Waals surface area contributed by atoms with Crippen LogP contribution in [0.25, 0.3) is 52.1 Å². The van der Waals surface area contributed by atoms with E-state index in [9.17, 15) is 15.1 Å².